The van der Waals surface area contributed by atoms with Crippen LogP contribution in [-0.2, 0) is 5.75 Å². The fourth-order valence-electron chi connectivity index (χ4n) is 2.59. The highest BCUT2D eigenvalue weighted by Gasteiger charge is 2.14. The first-order chi connectivity index (χ1) is 14.5. The number of ether oxygens (including phenoxy) is 1. The van der Waals surface area contributed by atoms with Gasteiger partial charge in [0.2, 0.25) is 5.16 Å². The van der Waals surface area contributed by atoms with Gasteiger partial charge in [-0.1, -0.05) is 11.8 Å². The lowest BCUT2D eigenvalue weighted by Gasteiger charge is -2.06. The Morgan fingerprint density at radius 1 is 1.03 bits per heavy atom. The van der Waals surface area contributed by atoms with Gasteiger partial charge in [-0.2, -0.15) is 8.78 Å². The van der Waals surface area contributed by atoms with E-state index in [1.807, 2.05) is 5.38 Å². The highest BCUT2D eigenvalue weighted by atomic mass is 32.2. The fraction of sp³-hybridized carbons (Fsp3) is 0.105. The number of nitrogens with two attached hydrogens (primary N) is 1. The average molecular weight is 449 g/mol. The van der Waals surface area contributed by atoms with Crippen molar-refractivity contribution in [2.75, 3.05) is 5.84 Å². The maximum absolute atomic E-state index is 13.1. The number of nitrogen functional groups attached to an aromatic ring is 1. The number of rotatable bonds is 7. The number of hydrogen-bond donors (Lipinski definition) is 1. The van der Waals surface area contributed by atoms with Crippen LogP contribution >= 0.6 is 23.1 Å². The maximum Gasteiger partial charge on any atom is 0.387 e. The zero-order valence-corrected chi connectivity index (χ0v) is 16.8. The number of nitrogens with zero attached hydrogens (tertiary/aromatic N) is 4. The molecule has 0 atom stereocenters. The molecule has 2 N–H and O–H groups in total. The Kier molecular flexibility index (Phi) is 5.91. The summed E-state index contributed by atoms with van der Waals surface area (Å²) in [6, 6.07) is 12.1. The van der Waals surface area contributed by atoms with Crippen LogP contribution in [0.5, 0.6) is 5.75 Å². The third-order valence-electron chi connectivity index (χ3n) is 3.99. The van der Waals surface area contributed by atoms with Crippen molar-refractivity contribution in [2.45, 2.75) is 17.5 Å². The number of aromatic nitrogens is 4. The summed E-state index contributed by atoms with van der Waals surface area (Å²) >= 11 is 2.83. The van der Waals surface area contributed by atoms with Gasteiger partial charge in [-0.3, -0.25) is 0 Å². The molecule has 0 radical (unpaired) electrons. The van der Waals surface area contributed by atoms with E-state index < -0.39 is 6.61 Å². The van der Waals surface area contributed by atoms with E-state index in [9.17, 15) is 13.2 Å². The molecular formula is C19H14F3N5OS2. The first-order valence-corrected chi connectivity index (χ1v) is 10.4. The molecule has 4 aromatic rings. The molecule has 0 unspecified atom stereocenters. The number of halogens is 3. The van der Waals surface area contributed by atoms with Gasteiger partial charge in [0.15, 0.2) is 5.82 Å². The third kappa shape index (κ3) is 4.57. The lowest BCUT2D eigenvalue weighted by atomic mass is 10.2. The van der Waals surface area contributed by atoms with E-state index in [0.29, 0.717) is 22.3 Å². The van der Waals surface area contributed by atoms with Crippen molar-refractivity contribution >= 4 is 23.1 Å². The molecule has 2 aromatic heterocycles. The Morgan fingerprint density at radius 2 is 1.73 bits per heavy atom. The molecule has 0 aliphatic carbocycles. The van der Waals surface area contributed by atoms with Crippen LogP contribution < -0.4 is 10.6 Å². The molecule has 0 aliphatic rings. The summed E-state index contributed by atoms with van der Waals surface area (Å²) in [6.45, 7) is -2.88. The highest BCUT2D eigenvalue weighted by Crippen LogP contribution is 2.29. The van der Waals surface area contributed by atoms with Crippen LogP contribution in [0.4, 0.5) is 13.2 Å². The standard InChI is InChI=1S/C19H14F3N5OS2/c20-13-5-1-12(2-6-13)17-24-14(9-29-17)10-30-19-26-25-16(27(19)23)11-3-7-15(8-4-11)28-18(21)22/h1-9,18H,10,23H2. The molecule has 4 rings (SSSR count). The van der Waals surface area contributed by atoms with Gasteiger partial charge in [-0.25, -0.2) is 14.1 Å². The quantitative estimate of drug-likeness (QED) is 0.322. The molecule has 0 fully saturated rings. The summed E-state index contributed by atoms with van der Waals surface area (Å²) in [7, 11) is 0. The van der Waals surface area contributed by atoms with Gasteiger partial charge in [0, 0.05) is 22.3 Å². The molecule has 154 valence electrons. The van der Waals surface area contributed by atoms with Crippen LogP contribution in [0.1, 0.15) is 5.69 Å². The second-order valence-corrected chi connectivity index (χ2v) is 7.82. The summed E-state index contributed by atoms with van der Waals surface area (Å²) in [5, 5.41) is 11.4. The minimum absolute atomic E-state index is 0.0481. The van der Waals surface area contributed by atoms with Crippen molar-refractivity contribution in [3.05, 3.63) is 65.4 Å². The van der Waals surface area contributed by atoms with Crippen molar-refractivity contribution in [3.8, 4) is 27.7 Å². The van der Waals surface area contributed by atoms with Crippen molar-refractivity contribution in [2.24, 2.45) is 0 Å². The van der Waals surface area contributed by atoms with Crippen molar-refractivity contribution in [3.63, 3.8) is 0 Å². The first-order valence-electron chi connectivity index (χ1n) is 8.58. The SMILES string of the molecule is Nn1c(SCc2csc(-c3ccc(F)cc3)n2)nnc1-c1ccc(OC(F)F)cc1. The summed E-state index contributed by atoms with van der Waals surface area (Å²) in [5.74, 6) is 6.77. The molecule has 0 saturated carbocycles. The van der Waals surface area contributed by atoms with E-state index in [1.54, 1.807) is 24.3 Å². The molecule has 2 aromatic carbocycles. The third-order valence-corrected chi connectivity index (χ3v) is 5.91. The first kappa shape index (κ1) is 20.2. The molecule has 11 heteroatoms. The van der Waals surface area contributed by atoms with Gasteiger partial charge in [0.25, 0.3) is 0 Å². The molecule has 0 bridgehead atoms. The van der Waals surface area contributed by atoms with Gasteiger partial charge in [-0.05, 0) is 48.5 Å². The lowest BCUT2D eigenvalue weighted by molar-refractivity contribution is -0.0498. The van der Waals surface area contributed by atoms with Gasteiger partial charge < -0.3 is 10.6 Å². The summed E-state index contributed by atoms with van der Waals surface area (Å²) in [5.41, 5.74) is 2.30. The smallest absolute Gasteiger partial charge is 0.387 e. The molecule has 0 saturated heterocycles. The molecule has 0 aliphatic heterocycles. The predicted octanol–water partition coefficient (Wildman–Crippen LogP) is 4.82. The minimum Gasteiger partial charge on any atom is -0.435 e. The monoisotopic (exact) mass is 449 g/mol. The van der Waals surface area contributed by atoms with E-state index in [0.717, 1.165) is 16.3 Å². The van der Waals surface area contributed by atoms with Gasteiger partial charge in [0.05, 0.1) is 5.69 Å². The van der Waals surface area contributed by atoms with E-state index >= 15 is 0 Å². The Balaban J connectivity index is 1.43. The van der Waals surface area contributed by atoms with Crippen molar-refractivity contribution in [1.82, 2.24) is 19.9 Å². The zero-order chi connectivity index (χ0) is 21.1. The Labute approximate surface area is 177 Å². The lowest BCUT2D eigenvalue weighted by Crippen LogP contribution is -2.11. The topological polar surface area (TPSA) is 78.9 Å². The molecule has 30 heavy (non-hydrogen) atoms. The summed E-state index contributed by atoms with van der Waals surface area (Å²) in [4.78, 5) is 4.55. The van der Waals surface area contributed by atoms with Crippen LogP contribution in [0.2, 0.25) is 0 Å². The van der Waals surface area contributed by atoms with Gasteiger partial charge in [0.1, 0.15) is 16.6 Å². The molecule has 0 amide bonds. The molecule has 2 heterocycles. The van der Waals surface area contributed by atoms with Gasteiger partial charge in [-0.15, -0.1) is 21.5 Å². The van der Waals surface area contributed by atoms with Crippen LogP contribution in [0.15, 0.2) is 59.1 Å². The fourth-order valence-corrected chi connectivity index (χ4v) is 4.27. The van der Waals surface area contributed by atoms with E-state index in [4.69, 9.17) is 5.84 Å². The second kappa shape index (κ2) is 8.76. The van der Waals surface area contributed by atoms with E-state index in [-0.39, 0.29) is 11.6 Å². The maximum atomic E-state index is 13.1. The molecular weight excluding hydrogens is 435 g/mol. The van der Waals surface area contributed by atoms with Crippen LogP contribution in [-0.4, -0.2) is 26.5 Å². The van der Waals surface area contributed by atoms with Crippen LogP contribution in [0, 0.1) is 5.82 Å². The van der Waals surface area contributed by atoms with Crippen LogP contribution in [0.25, 0.3) is 22.0 Å². The number of hydrogen-bond acceptors (Lipinski definition) is 7. The largest absolute Gasteiger partial charge is 0.435 e. The van der Waals surface area contributed by atoms with E-state index in [2.05, 4.69) is 19.9 Å². The second-order valence-electron chi connectivity index (χ2n) is 6.02. The highest BCUT2D eigenvalue weighted by molar-refractivity contribution is 7.98. The van der Waals surface area contributed by atoms with Crippen molar-refractivity contribution in [1.29, 1.82) is 0 Å². The number of alkyl halides is 2. The van der Waals surface area contributed by atoms with E-state index in [1.165, 1.54) is 52.0 Å². The normalized spacial score (nSPS) is 11.2. The molecule has 6 nitrogen and oxygen atoms in total. The Morgan fingerprint density at radius 3 is 2.43 bits per heavy atom. The van der Waals surface area contributed by atoms with Gasteiger partial charge >= 0.3 is 6.61 Å². The predicted molar refractivity (Wildman–Crippen MR) is 109 cm³/mol. The average Bonchev–Trinajstić information content (AvgIpc) is 3.34. The number of thiazole rings is 1. The summed E-state index contributed by atoms with van der Waals surface area (Å²) < 4.78 is 43.2. The zero-order valence-electron chi connectivity index (χ0n) is 15.2. The van der Waals surface area contributed by atoms with Crippen LogP contribution in [0.3, 0.4) is 0 Å². The minimum atomic E-state index is -2.88. The number of benzene rings is 2. The van der Waals surface area contributed by atoms with Crippen molar-refractivity contribution < 1.29 is 17.9 Å². The molecule has 0 spiro atoms. The Bertz CT molecular complexity index is 1130. The Hall–Kier alpha value is -3.05. The number of thioether (sulfide) groups is 1. The summed E-state index contributed by atoms with van der Waals surface area (Å²) in [6.07, 6.45) is 0.